The Morgan fingerprint density at radius 3 is 2.52 bits per heavy atom. The highest BCUT2D eigenvalue weighted by atomic mass is 16.5. The van der Waals surface area contributed by atoms with Gasteiger partial charge in [0.15, 0.2) is 17.5 Å². The lowest BCUT2D eigenvalue weighted by Crippen LogP contribution is -2.44. The molecule has 0 radical (unpaired) electrons. The van der Waals surface area contributed by atoms with Crippen LogP contribution < -0.4 is 20.1 Å². The van der Waals surface area contributed by atoms with Gasteiger partial charge in [0.05, 0.1) is 14.2 Å². The van der Waals surface area contributed by atoms with Crippen molar-refractivity contribution in [2.24, 2.45) is 10.9 Å². The standard InChI is InChI=1S/C22H36N4O3/c1-16(12-17-10-11-19(28-4)20(13-17)29-5)14-23-22(24-15-21(27)26(2)3)25-18-8-6-7-9-18/h10-11,13,16,18H,6-9,12,14-15H2,1-5H3,(H2,23,24,25). The fourth-order valence-electron chi connectivity index (χ4n) is 3.46. The fourth-order valence-corrected chi connectivity index (χ4v) is 3.46. The molecule has 1 fully saturated rings. The van der Waals surface area contributed by atoms with E-state index in [0.717, 1.165) is 43.3 Å². The number of carbonyl (C=O) groups is 1. The quantitative estimate of drug-likeness (QED) is 0.488. The summed E-state index contributed by atoms with van der Waals surface area (Å²) in [6.07, 6.45) is 5.71. The van der Waals surface area contributed by atoms with Crippen molar-refractivity contribution in [3.63, 3.8) is 0 Å². The number of likely N-dealkylation sites (N-methyl/N-ethyl adjacent to an activating group) is 1. The van der Waals surface area contributed by atoms with Crippen LogP contribution in [0.1, 0.15) is 38.2 Å². The monoisotopic (exact) mass is 404 g/mol. The van der Waals surface area contributed by atoms with E-state index in [9.17, 15) is 4.79 Å². The number of carbonyl (C=O) groups excluding carboxylic acids is 1. The molecule has 1 aliphatic carbocycles. The summed E-state index contributed by atoms with van der Waals surface area (Å²) in [5.41, 5.74) is 1.20. The number of rotatable bonds is 9. The lowest BCUT2D eigenvalue weighted by Gasteiger charge is -2.20. The van der Waals surface area contributed by atoms with Gasteiger partial charge in [-0.3, -0.25) is 4.79 Å². The Labute approximate surface area is 174 Å². The van der Waals surface area contributed by atoms with Crippen LogP contribution in [-0.4, -0.2) is 64.2 Å². The smallest absolute Gasteiger partial charge is 0.243 e. The van der Waals surface area contributed by atoms with E-state index in [1.54, 1.807) is 33.2 Å². The molecule has 7 heteroatoms. The van der Waals surface area contributed by atoms with Gasteiger partial charge in [-0.05, 0) is 42.9 Å². The second-order valence-corrected chi connectivity index (χ2v) is 7.96. The predicted molar refractivity (Wildman–Crippen MR) is 117 cm³/mol. The minimum absolute atomic E-state index is 0.00380. The van der Waals surface area contributed by atoms with E-state index < -0.39 is 0 Å². The zero-order valence-electron chi connectivity index (χ0n) is 18.5. The van der Waals surface area contributed by atoms with Crippen molar-refractivity contribution in [2.75, 3.05) is 41.4 Å². The largest absolute Gasteiger partial charge is 0.493 e. The molecule has 2 rings (SSSR count). The first-order valence-electron chi connectivity index (χ1n) is 10.4. The molecule has 7 nitrogen and oxygen atoms in total. The van der Waals surface area contributed by atoms with Crippen LogP contribution in [0, 0.1) is 5.92 Å². The highest BCUT2D eigenvalue weighted by molar-refractivity contribution is 5.84. The first-order chi connectivity index (χ1) is 13.9. The number of ether oxygens (including phenoxy) is 2. The van der Waals surface area contributed by atoms with Crippen LogP contribution in [0.4, 0.5) is 0 Å². The SMILES string of the molecule is COc1ccc(CC(C)CNC(=NCC(=O)N(C)C)NC2CCCC2)cc1OC. The number of aliphatic imine (C=N–C) groups is 1. The lowest BCUT2D eigenvalue weighted by atomic mass is 10.0. The van der Waals surface area contributed by atoms with Gasteiger partial charge < -0.3 is 25.0 Å². The topological polar surface area (TPSA) is 75.2 Å². The number of methoxy groups -OCH3 is 2. The number of hydrogen-bond donors (Lipinski definition) is 2. The Morgan fingerprint density at radius 1 is 1.21 bits per heavy atom. The molecule has 0 spiro atoms. The third-order valence-electron chi connectivity index (χ3n) is 5.22. The normalized spacial score (nSPS) is 15.7. The van der Waals surface area contributed by atoms with Crippen molar-refractivity contribution in [3.05, 3.63) is 23.8 Å². The molecule has 0 heterocycles. The summed E-state index contributed by atoms with van der Waals surface area (Å²) in [6, 6.07) is 6.48. The van der Waals surface area contributed by atoms with Crippen LogP contribution in [-0.2, 0) is 11.2 Å². The second kappa shape index (κ2) is 11.5. The molecule has 1 atom stereocenters. The van der Waals surface area contributed by atoms with Gasteiger partial charge in [-0.1, -0.05) is 25.8 Å². The molecule has 2 N–H and O–H groups in total. The van der Waals surface area contributed by atoms with E-state index in [2.05, 4.69) is 28.6 Å². The molecule has 1 aromatic carbocycles. The molecule has 1 aliphatic rings. The average Bonchev–Trinajstić information content (AvgIpc) is 3.22. The van der Waals surface area contributed by atoms with E-state index in [1.807, 2.05) is 12.1 Å². The highest BCUT2D eigenvalue weighted by Gasteiger charge is 2.17. The van der Waals surface area contributed by atoms with Gasteiger partial charge in [0.25, 0.3) is 0 Å². The fraction of sp³-hybridized carbons (Fsp3) is 0.636. The first-order valence-corrected chi connectivity index (χ1v) is 10.4. The third-order valence-corrected chi connectivity index (χ3v) is 5.22. The minimum Gasteiger partial charge on any atom is -0.493 e. The molecule has 1 unspecified atom stereocenters. The lowest BCUT2D eigenvalue weighted by molar-refractivity contribution is -0.127. The summed E-state index contributed by atoms with van der Waals surface area (Å²) < 4.78 is 10.7. The molecule has 0 aliphatic heterocycles. The van der Waals surface area contributed by atoms with Crippen molar-refractivity contribution in [2.45, 2.75) is 45.1 Å². The van der Waals surface area contributed by atoms with Gasteiger partial charge in [0, 0.05) is 26.7 Å². The van der Waals surface area contributed by atoms with E-state index in [1.165, 1.54) is 18.4 Å². The Morgan fingerprint density at radius 2 is 1.90 bits per heavy atom. The average molecular weight is 405 g/mol. The van der Waals surface area contributed by atoms with Crippen LogP contribution >= 0.6 is 0 Å². The number of nitrogens with zero attached hydrogens (tertiary/aromatic N) is 2. The van der Waals surface area contributed by atoms with Gasteiger partial charge in [-0.25, -0.2) is 4.99 Å². The van der Waals surface area contributed by atoms with E-state index in [4.69, 9.17) is 9.47 Å². The summed E-state index contributed by atoms with van der Waals surface area (Å²) in [6.45, 7) is 3.12. The molecule has 0 bridgehead atoms. The molecule has 0 aromatic heterocycles. The van der Waals surface area contributed by atoms with Gasteiger partial charge in [0.2, 0.25) is 5.91 Å². The van der Waals surface area contributed by atoms with Gasteiger partial charge >= 0.3 is 0 Å². The van der Waals surface area contributed by atoms with Crippen LogP contribution in [0.3, 0.4) is 0 Å². The number of guanidine groups is 1. The minimum atomic E-state index is -0.00380. The number of amides is 1. The summed E-state index contributed by atoms with van der Waals surface area (Å²) in [5.74, 6) is 2.59. The van der Waals surface area contributed by atoms with Gasteiger partial charge in [0.1, 0.15) is 6.54 Å². The van der Waals surface area contributed by atoms with Crippen molar-refractivity contribution in [1.29, 1.82) is 0 Å². The maximum absolute atomic E-state index is 11.9. The maximum Gasteiger partial charge on any atom is 0.243 e. The highest BCUT2D eigenvalue weighted by Crippen LogP contribution is 2.28. The molecule has 1 amide bonds. The molecule has 0 saturated heterocycles. The van der Waals surface area contributed by atoms with Crippen LogP contribution in [0.5, 0.6) is 11.5 Å². The van der Waals surface area contributed by atoms with Crippen molar-refractivity contribution in [3.8, 4) is 11.5 Å². The number of benzene rings is 1. The first kappa shape index (κ1) is 22.8. The molecule has 1 aromatic rings. The third kappa shape index (κ3) is 7.48. The summed E-state index contributed by atoms with van der Waals surface area (Å²) >= 11 is 0. The Balaban J connectivity index is 1.94. The van der Waals surface area contributed by atoms with Crippen molar-refractivity contribution >= 4 is 11.9 Å². The predicted octanol–water partition coefficient (Wildman–Crippen LogP) is 2.45. The van der Waals surface area contributed by atoms with Gasteiger partial charge in [-0.15, -0.1) is 0 Å². The van der Waals surface area contributed by atoms with E-state index in [0.29, 0.717) is 12.0 Å². The Bertz CT molecular complexity index is 685. The summed E-state index contributed by atoms with van der Waals surface area (Å²) in [7, 11) is 6.80. The van der Waals surface area contributed by atoms with E-state index in [-0.39, 0.29) is 12.5 Å². The summed E-state index contributed by atoms with van der Waals surface area (Å²) in [5, 5.41) is 6.92. The van der Waals surface area contributed by atoms with Crippen molar-refractivity contribution < 1.29 is 14.3 Å². The maximum atomic E-state index is 11.9. The zero-order chi connectivity index (χ0) is 21.2. The van der Waals surface area contributed by atoms with Crippen molar-refractivity contribution in [1.82, 2.24) is 15.5 Å². The van der Waals surface area contributed by atoms with E-state index >= 15 is 0 Å². The van der Waals surface area contributed by atoms with Crippen LogP contribution in [0.25, 0.3) is 0 Å². The van der Waals surface area contributed by atoms with Crippen LogP contribution in [0.2, 0.25) is 0 Å². The van der Waals surface area contributed by atoms with Gasteiger partial charge in [-0.2, -0.15) is 0 Å². The Hall–Kier alpha value is -2.44. The zero-order valence-corrected chi connectivity index (χ0v) is 18.5. The summed E-state index contributed by atoms with van der Waals surface area (Å²) in [4.78, 5) is 18.0. The number of hydrogen-bond acceptors (Lipinski definition) is 4. The molecule has 1 saturated carbocycles. The molecular formula is C22H36N4O3. The molecule has 162 valence electrons. The number of nitrogens with one attached hydrogen (secondary N) is 2. The second-order valence-electron chi connectivity index (χ2n) is 7.96. The van der Waals surface area contributed by atoms with Crippen LogP contribution in [0.15, 0.2) is 23.2 Å². The molecule has 29 heavy (non-hydrogen) atoms. The Kier molecular flexibility index (Phi) is 9.09. The molecular weight excluding hydrogens is 368 g/mol.